The van der Waals surface area contributed by atoms with E-state index in [0.29, 0.717) is 30.0 Å². The quantitative estimate of drug-likeness (QED) is 0.741. The lowest BCUT2D eigenvalue weighted by atomic mass is 10.2. The van der Waals surface area contributed by atoms with Crippen LogP contribution in [0.3, 0.4) is 0 Å². The molecular formula is C14H19NO4. The predicted molar refractivity (Wildman–Crippen MR) is 74.0 cm³/mol. The second-order valence-corrected chi connectivity index (χ2v) is 3.87. The van der Waals surface area contributed by atoms with Gasteiger partial charge in [0.2, 0.25) is 0 Å². The average Bonchev–Trinajstić information content (AvgIpc) is 2.42. The van der Waals surface area contributed by atoms with Gasteiger partial charge in [0.05, 0.1) is 14.2 Å². The van der Waals surface area contributed by atoms with Crippen LogP contribution >= 0.6 is 0 Å². The zero-order valence-electron chi connectivity index (χ0n) is 11.4. The Morgan fingerprint density at radius 2 is 1.84 bits per heavy atom. The molecule has 2 N–H and O–H groups in total. The van der Waals surface area contributed by atoms with Crippen molar-refractivity contribution in [3.8, 4) is 11.5 Å². The smallest absolute Gasteiger partial charge is 0.331 e. The van der Waals surface area contributed by atoms with Gasteiger partial charge >= 0.3 is 5.97 Å². The summed E-state index contributed by atoms with van der Waals surface area (Å²) in [6.45, 7) is 2.25. The molecule has 0 atom stereocenters. The van der Waals surface area contributed by atoms with Crippen LogP contribution in [-0.2, 0) is 4.79 Å². The van der Waals surface area contributed by atoms with E-state index in [1.54, 1.807) is 26.4 Å². The molecule has 0 aliphatic rings. The van der Waals surface area contributed by atoms with Crippen LogP contribution in [0, 0.1) is 0 Å². The van der Waals surface area contributed by atoms with Gasteiger partial charge in [-0.2, -0.15) is 0 Å². The van der Waals surface area contributed by atoms with Crippen molar-refractivity contribution in [1.82, 2.24) is 0 Å². The van der Waals surface area contributed by atoms with Crippen molar-refractivity contribution in [3.05, 3.63) is 29.8 Å². The minimum atomic E-state index is -0.882. The Balaban J connectivity index is 2.74. The molecule has 0 fully saturated rings. The Kier molecular flexibility index (Phi) is 5.73. The average molecular weight is 265 g/mol. The largest absolute Gasteiger partial charge is 0.497 e. The SMILES string of the molecule is CC/C(=C/CNc1cc(OC)cc(OC)c1)C(=O)O. The zero-order chi connectivity index (χ0) is 14.3. The monoisotopic (exact) mass is 265 g/mol. The number of carbonyl (C=O) groups is 1. The Labute approximate surface area is 112 Å². The molecule has 0 saturated carbocycles. The summed E-state index contributed by atoms with van der Waals surface area (Å²) in [6, 6.07) is 5.42. The van der Waals surface area contributed by atoms with Crippen molar-refractivity contribution in [3.63, 3.8) is 0 Å². The summed E-state index contributed by atoms with van der Waals surface area (Å²) in [5.41, 5.74) is 1.20. The fourth-order valence-electron chi connectivity index (χ4n) is 1.58. The first-order chi connectivity index (χ1) is 9.10. The summed E-state index contributed by atoms with van der Waals surface area (Å²) >= 11 is 0. The number of ether oxygens (including phenoxy) is 2. The van der Waals surface area contributed by atoms with Crippen LogP contribution in [-0.4, -0.2) is 31.8 Å². The van der Waals surface area contributed by atoms with Crippen LogP contribution in [0.15, 0.2) is 29.8 Å². The van der Waals surface area contributed by atoms with E-state index in [4.69, 9.17) is 14.6 Å². The number of rotatable bonds is 7. The van der Waals surface area contributed by atoms with Crippen LogP contribution in [0.4, 0.5) is 5.69 Å². The van der Waals surface area contributed by atoms with E-state index < -0.39 is 5.97 Å². The van der Waals surface area contributed by atoms with Gasteiger partial charge in [0, 0.05) is 36.0 Å². The van der Waals surface area contributed by atoms with E-state index in [2.05, 4.69) is 5.32 Å². The molecule has 0 amide bonds. The van der Waals surface area contributed by atoms with Crippen LogP contribution < -0.4 is 14.8 Å². The van der Waals surface area contributed by atoms with Crippen LogP contribution in [0.5, 0.6) is 11.5 Å². The molecule has 0 aliphatic carbocycles. The highest BCUT2D eigenvalue weighted by Crippen LogP contribution is 2.25. The van der Waals surface area contributed by atoms with Gasteiger partial charge in [-0.25, -0.2) is 4.79 Å². The third-order valence-corrected chi connectivity index (χ3v) is 2.66. The lowest BCUT2D eigenvalue weighted by molar-refractivity contribution is -0.132. The van der Waals surface area contributed by atoms with Crippen molar-refractivity contribution in [1.29, 1.82) is 0 Å². The van der Waals surface area contributed by atoms with Crippen LogP contribution in [0.1, 0.15) is 13.3 Å². The van der Waals surface area contributed by atoms with Crippen molar-refractivity contribution in [2.45, 2.75) is 13.3 Å². The molecular weight excluding hydrogens is 246 g/mol. The first-order valence-corrected chi connectivity index (χ1v) is 6.00. The normalized spacial score (nSPS) is 11.0. The number of carboxylic acids is 1. The maximum absolute atomic E-state index is 10.8. The fraction of sp³-hybridized carbons (Fsp3) is 0.357. The third-order valence-electron chi connectivity index (χ3n) is 2.66. The van der Waals surface area contributed by atoms with Gasteiger partial charge in [-0.15, -0.1) is 0 Å². The first-order valence-electron chi connectivity index (χ1n) is 6.00. The molecule has 0 saturated heterocycles. The molecule has 104 valence electrons. The summed E-state index contributed by atoms with van der Waals surface area (Å²) in [5, 5.41) is 12.0. The van der Waals surface area contributed by atoms with E-state index in [9.17, 15) is 4.79 Å². The van der Waals surface area contributed by atoms with Crippen molar-refractivity contribution in [2.75, 3.05) is 26.1 Å². The lowest BCUT2D eigenvalue weighted by Crippen LogP contribution is -2.05. The molecule has 0 spiro atoms. The van der Waals surface area contributed by atoms with Crippen LogP contribution in [0.25, 0.3) is 0 Å². The summed E-state index contributed by atoms with van der Waals surface area (Å²) in [4.78, 5) is 10.8. The van der Waals surface area contributed by atoms with Crippen molar-refractivity contribution in [2.24, 2.45) is 0 Å². The molecule has 0 aliphatic heterocycles. The fourth-order valence-corrected chi connectivity index (χ4v) is 1.58. The molecule has 1 aromatic carbocycles. The Bertz CT molecular complexity index is 446. The third kappa shape index (κ3) is 4.54. The van der Waals surface area contributed by atoms with Gasteiger partial charge in [-0.1, -0.05) is 13.0 Å². The number of benzene rings is 1. The summed E-state index contributed by atoms with van der Waals surface area (Å²) < 4.78 is 10.3. The molecule has 0 bridgehead atoms. The van der Waals surface area contributed by atoms with Crippen molar-refractivity contribution < 1.29 is 19.4 Å². The summed E-state index contributed by atoms with van der Waals surface area (Å²) in [5.74, 6) is 0.479. The molecule has 0 unspecified atom stereocenters. The number of anilines is 1. The maximum Gasteiger partial charge on any atom is 0.331 e. The molecule has 5 nitrogen and oxygen atoms in total. The summed E-state index contributed by atoms with van der Waals surface area (Å²) in [6.07, 6.45) is 2.16. The minimum Gasteiger partial charge on any atom is -0.497 e. The number of nitrogens with one attached hydrogen (secondary N) is 1. The number of carboxylic acid groups (broad SMARTS) is 1. The van der Waals surface area contributed by atoms with E-state index in [-0.39, 0.29) is 0 Å². The van der Waals surface area contributed by atoms with Gasteiger partial charge in [0.1, 0.15) is 11.5 Å². The van der Waals surface area contributed by atoms with E-state index in [1.165, 1.54) is 0 Å². The molecule has 1 aromatic rings. The second kappa shape index (κ2) is 7.31. The summed E-state index contributed by atoms with van der Waals surface area (Å²) in [7, 11) is 3.16. The topological polar surface area (TPSA) is 67.8 Å². The Morgan fingerprint density at radius 1 is 1.26 bits per heavy atom. The molecule has 0 aromatic heterocycles. The Hall–Kier alpha value is -2.17. The number of hydrogen-bond acceptors (Lipinski definition) is 4. The molecule has 5 heteroatoms. The van der Waals surface area contributed by atoms with Crippen LogP contribution in [0.2, 0.25) is 0 Å². The maximum atomic E-state index is 10.8. The first kappa shape index (κ1) is 14.9. The number of hydrogen-bond donors (Lipinski definition) is 2. The number of aliphatic carboxylic acids is 1. The van der Waals surface area contributed by atoms with Gasteiger partial charge in [-0.3, -0.25) is 0 Å². The minimum absolute atomic E-state index is 0.391. The van der Waals surface area contributed by atoms with Gasteiger partial charge < -0.3 is 19.9 Å². The lowest BCUT2D eigenvalue weighted by Gasteiger charge is -2.09. The highest BCUT2D eigenvalue weighted by molar-refractivity contribution is 5.86. The molecule has 0 radical (unpaired) electrons. The Morgan fingerprint density at radius 3 is 2.26 bits per heavy atom. The van der Waals surface area contributed by atoms with E-state index >= 15 is 0 Å². The standard InChI is InChI=1S/C14H19NO4/c1-4-10(14(16)17)5-6-15-11-7-12(18-2)9-13(8-11)19-3/h5,7-9,15H,4,6H2,1-3H3,(H,16,17)/b10-5-. The van der Waals surface area contributed by atoms with Gasteiger partial charge in [0.15, 0.2) is 0 Å². The van der Waals surface area contributed by atoms with E-state index in [0.717, 1.165) is 5.69 Å². The van der Waals surface area contributed by atoms with Crippen molar-refractivity contribution >= 4 is 11.7 Å². The molecule has 1 rings (SSSR count). The number of methoxy groups -OCH3 is 2. The van der Waals surface area contributed by atoms with E-state index in [1.807, 2.05) is 19.1 Å². The second-order valence-electron chi connectivity index (χ2n) is 3.87. The van der Waals surface area contributed by atoms with Gasteiger partial charge in [0.25, 0.3) is 0 Å². The predicted octanol–water partition coefficient (Wildman–Crippen LogP) is 2.54. The molecule has 19 heavy (non-hydrogen) atoms. The highest BCUT2D eigenvalue weighted by Gasteiger charge is 2.04. The molecule has 0 heterocycles. The highest BCUT2D eigenvalue weighted by atomic mass is 16.5. The van der Waals surface area contributed by atoms with Gasteiger partial charge in [-0.05, 0) is 6.42 Å². The zero-order valence-corrected chi connectivity index (χ0v) is 11.4.